The van der Waals surface area contributed by atoms with Gasteiger partial charge in [-0.1, -0.05) is 24.3 Å². The summed E-state index contributed by atoms with van der Waals surface area (Å²) in [5.41, 5.74) is 2.68. The Morgan fingerprint density at radius 1 is 1.24 bits per heavy atom. The van der Waals surface area contributed by atoms with Gasteiger partial charge in [0.2, 0.25) is 10.0 Å². The molecule has 2 aromatic rings. The number of hydrogen-bond acceptors (Lipinski definition) is 5. The van der Waals surface area contributed by atoms with Crippen molar-refractivity contribution >= 4 is 26.5 Å². The first-order valence-electron chi connectivity index (χ1n) is 6.56. The molecule has 2 rings (SSSR count). The molecule has 0 saturated heterocycles. The molecule has 7 heteroatoms. The Kier molecular flexibility index (Phi) is 4.97. The maximum atomic E-state index is 12.2. The molecule has 0 unspecified atom stereocenters. The molecular weight excluding hydrogens is 306 g/mol. The largest absolute Gasteiger partial charge is 0.316 e. The molecule has 0 aliphatic rings. The number of anilines is 1. The van der Waals surface area contributed by atoms with Gasteiger partial charge in [0.05, 0.1) is 11.4 Å². The minimum Gasteiger partial charge on any atom is -0.316 e. The fourth-order valence-corrected chi connectivity index (χ4v) is 4.15. The molecule has 0 aliphatic heterocycles. The van der Waals surface area contributed by atoms with Gasteiger partial charge in [-0.05, 0) is 32.0 Å². The van der Waals surface area contributed by atoms with E-state index < -0.39 is 10.0 Å². The fraction of sp³-hybridized carbons (Fsp3) is 0.357. The Bertz CT molecular complexity index is 704. The number of sulfonamides is 1. The average Bonchev–Trinajstić information content (AvgIpc) is 2.67. The first kappa shape index (κ1) is 15.9. The molecule has 0 fully saturated rings. The number of aryl methyl sites for hydroxylation is 2. The third-order valence-electron chi connectivity index (χ3n) is 3.00. The smallest absolute Gasteiger partial charge is 0.238 e. The van der Waals surface area contributed by atoms with Crippen LogP contribution in [0.4, 0.5) is 5.13 Å². The number of rotatable bonds is 6. The van der Waals surface area contributed by atoms with Gasteiger partial charge in [0.1, 0.15) is 0 Å². The van der Waals surface area contributed by atoms with Crippen molar-refractivity contribution in [2.45, 2.75) is 26.1 Å². The van der Waals surface area contributed by atoms with Crippen LogP contribution in [0.5, 0.6) is 0 Å². The summed E-state index contributed by atoms with van der Waals surface area (Å²) in [5.74, 6) is -0.0533. The zero-order valence-electron chi connectivity index (χ0n) is 12.3. The summed E-state index contributed by atoms with van der Waals surface area (Å²) in [4.78, 5) is 5.22. The van der Waals surface area contributed by atoms with Gasteiger partial charge in [-0.15, -0.1) is 11.3 Å². The van der Waals surface area contributed by atoms with Crippen LogP contribution in [0.2, 0.25) is 0 Å². The summed E-state index contributed by atoms with van der Waals surface area (Å²) in [6, 6.07) is 7.55. The lowest BCUT2D eigenvalue weighted by Gasteiger charge is -2.07. The number of nitrogens with zero attached hydrogens (tertiary/aromatic N) is 1. The summed E-state index contributed by atoms with van der Waals surface area (Å²) >= 11 is 1.35. The number of aromatic nitrogens is 1. The number of benzene rings is 1. The maximum absolute atomic E-state index is 12.2. The molecule has 114 valence electrons. The maximum Gasteiger partial charge on any atom is 0.238 e. The monoisotopic (exact) mass is 325 g/mol. The van der Waals surface area contributed by atoms with E-state index in [-0.39, 0.29) is 5.75 Å². The number of thiazole rings is 1. The summed E-state index contributed by atoms with van der Waals surface area (Å²) < 4.78 is 26.9. The van der Waals surface area contributed by atoms with E-state index in [9.17, 15) is 8.42 Å². The molecule has 0 saturated carbocycles. The Balaban J connectivity index is 2.11. The summed E-state index contributed by atoms with van der Waals surface area (Å²) in [5, 5.41) is 3.48. The van der Waals surface area contributed by atoms with Crippen molar-refractivity contribution in [1.82, 2.24) is 10.3 Å². The molecule has 1 aromatic heterocycles. The van der Waals surface area contributed by atoms with Gasteiger partial charge in [-0.2, -0.15) is 0 Å². The van der Waals surface area contributed by atoms with Gasteiger partial charge in [-0.3, -0.25) is 4.72 Å². The van der Waals surface area contributed by atoms with Crippen LogP contribution in [0.1, 0.15) is 21.7 Å². The van der Waals surface area contributed by atoms with Gasteiger partial charge < -0.3 is 5.32 Å². The lowest BCUT2D eigenvalue weighted by Crippen LogP contribution is -2.15. The summed E-state index contributed by atoms with van der Waals surface area (Å²) in [7, 11) is -1.59. The van der Waals surface area contributed by atoms with E-state index in [1.54, 1.807) is 0 Å². The van der Waals surface area contributed by atoms with Crippen LogP contribution >= 0.6 is 11.3 Å². The minimum absolute atomic E-state index is 0.0533. The quantitative estimate of drug-likeness (QED) is 0.855. The van der Waals surface area contributed by atoms with Gasteiger partial charge in [0.15, 0.2) is 5.13 Å². The molecule has 0 atom stereocenters. The Labute approximate surface area is 129 Å². The molecule has 1 aromatic carbocycles. The highest BCUT2D eigenvalue weighted by atomic mass is 32.2. The highest BCUT2D eigenvalue weighted by Gasteiger charge is 2.15. The van der Waals surface area contributed by atoms with E-state index in [0.29, 0.717) is 11.7 Å². The Hall–Kier alpha value is -1.44. The highest BCUT2D eigenvalue weighted by Crippen LogP contribution is 2.23. The van der Waals surface area contributed by atoms with Crippen molar-refractivity contribution in [1.29, 1.82) is 0 Å². The van der Waals surface area contributed by atoms with E-state index in [2.05, 4.69) is 15.0 Å². The van der Waals surface area contributed by atoms with E-state index in [0.717, 1.165) is 21.7 Å². The Morgan fingerprint density at radius 3 is 2.57 bits per heavy atom. The summed E-state index contributed by atoms with van der Waals surface area (Å²) in [6.45, 7) is 4.50. The van der Waals surface area contributed by atoms with Gasteiger partial charge in [0, 0.05) is 11.4 Å². The second kappa shape index (κ2) is 6.55. The van der Waals surface area contributed by atoms with E-state index in [1.165, 1.54) is 11.3 Å². The molecule has 2 N–H and O–H groups in total. The van der Waals surface area contributed by atoms with E-state index >= 15 is 0 Å². The van der Waals surface area contributed by atoms with Crippen LogP contribution in [-0.2, 0) is 22.3 Å². The predicted octanol–water partition coefficient (Wildman–Crippen LogP) is 2.42. The van der Waals surface area contributed by atoms with E-state index in [4.69, 9.17) is 0 Å². The predicted molar refractivity (Wildman–Crippen MR) is 87.0 cm³/mol. The van der Waals surface area contributed by atoms with Crippen molar-refractivity contribution in [3.63, 3.8) is 0 Å². The van der Waals surface area contributed by atoms with E-state index in [1.807, 2.05) is 45.2 Å². The van der Waals surface area contributed by atoms with Crippen LogP contribution < -0.4 is 10.0 Å². The van der Waals surface area contributed by atoms with Crippen molar-refractivity contribution < 1.29 is 8.42 Å². The molecular formula is C14H19N3O2S2. The third kappa shape index (κ3) is 4.52. The van der Waals surface area contributed by atoms with Crippen LogP contribution in [0, 0.1) is 13.8 Å². The van der Waals surface area contributed by atoms with Crippen LogP contribution in [0.15, 0.2) is 24.3 Å². The first-order valence-corrected chi connectivity index (χ1v) is 9.03. The second-order valence-corrected chi connectivity index (χ2v) is 7.80. The number of hydrogen-bond donors (Lipinski definition) is 2. The minimum atomic E-state index is -3.45. The molecule has 0 spiro atoms. The van der Waals surface area contributed by atoms with Crippen molar-refractivity contribution in [3.05, 3.63) is 46.0 Å². The SMILES string of the molecule is CNCc1cccc(CS(=O)(=O)Nc2nc(C)c(C)s2)c1. The first-order chi connectivity index (χ1) is 9.89. The van der Waals surface area contributed by atoms with Crippen molar-refractivity contribution in [2.24, 2.45) is 0 Å². The van der Waals surface area contributed by atoms with Gasteiger partial charge >= 0.3 is 0 Å². The lowest BCUT2D eigenvalue weighted by atomic mass is 10.1. The van der Waals surface area contributed by atoms with Crippen molar-refractivity contribution in [2.75, 3.05) is 11.8 Å². The lowest BCUT2D eigenvalue weighted by molar-refractivity contribution is 0.600. The zero-order chi connectivity index (χ0) is 15.5. The highest BCUT2D eigenvalue weighted by molar-refractivity contribution is 7.92. The third-order valence-corrected chi connectivity index (χ3v) is 5.34. The molecule has 0 amide bonds. The van der Waals surface area contributed by atoms with Crippen LogP contribution in [0.3, 0.4) is 0 Å². The van der Waals surface area contributed by atoms with Gasteiger partial charge in [-0.25, -0.2) is 13.4 Å². The molecule has 0 aliphatic carbocycles. The van der Waals surface area contributed by atoms with Crippen LogP contribution in [-0.4, -0.2) is 20.4 Å². The molecule has 5 nitrogen and oxygen atoms in total. The van der Waals surface area contributed by atoms with Crippen molar-refractivity contribution in [3.8, 4) is 0 Å². The molecule has 0 bridgehead atoms. The average molecular weight is 325 g/mol. The second-order valence-electron chi connectivity index (χ2n) is 4.87. The topological polar surface area (TPSA) is 71.1 Å². The summed E-state index contributed by atoms with van der Waals surface area (Å²) in [6.07, 6.45) is 0. The molecule has 0 radical (unpaired) electrons. The normalized spacial score (nSPS) is 11.6. The standard InChI is InChI=1S/C14H19N3O2S2/c1-10-11(2)20-14(16-10)17-21(18,19)9-13-6-4-5-12(7-13)8-15-3/h4-7,15H,8-9H2,1-3H3,(H,16,17). The molecule has 21 heavy (non-hydrogen) atoms. The fourth-order valence-electron chi connectivity index (χ4n) is 1.94. The Morgan fingerprint density at radius 2 is 1.95 bits per heavy atom. The van der Waals surface area contributed by atoms with Gasteiger partial charge in [0.25, 0.3) is 0 Å². The number of nitrogens with one attached hydrogen (secondary N) is 2. The zero-order valence-corrected chi connectivity index (χ0v) is 13.9. The van der Waals surface area contributed by atoms with Crippen LogP contribution in [0.25, 0.3) is 0 Å². The molecule has 1 heterocycles.